The van der Waals surface area contributed by atoms with Gasteiger partial charge < -0.3 is 9.64 Å². The first-order chi connectivity index (χ1) is 6.11. The van der Waals surface area contributed by atoms with Crippen LogP contribution in [0.5, 0.6) is 0 Å². The molecule has 0 saturated heterocycles. The van der Waals surface area contributed by atoms with Gasteiger partial charge in [0.2, 0.25) is 5.91 Å². The molecule has 0 heterocycles. The highest BCUT2D eigenvalue weighted by Crippen LogP contribution is 1.95. The molecule has 0 rings (SSSR count). The molecular formula is C9H15NO3. The largest absolute Gasteiger partial charge is 0.469 e. The number of rotatable bonds is 5. The highest BCUT2D eigenvalue weighted by Gasteiger charge is 2.05. The second kappa shape index (κ2) is 6.22. The third-order valence-corrected chi connectivity index (χ3v) is 1.65. The minimum absolute atomic E-state index is 0.134. The number of amides is 1. The number of nitrogens with zero attached hydrogens (tertiary/aromatic N) is 1. The molecule has 74 valence electrons. The average Bonchev–Trinajstić information content (AvgIpc) is 2.15. The summed E-state index contributed by atoms with van der Waals surface area (Å²) in [5.41, 5.74) is 0. The molecule has 13 heavy (non-hydrogen) atoms. The van der Waals surface area contributed by atoms with Crippen molar-refractivity contribution in [3.63, 3.8) is 0 Å². The van der Waals surface area contributed by atoms with E-state index in [1.165, 1.54) is 18.1 Å². The molecule has 4 nitrogen and oxygen atoms in total. The molecule has 0 aromatic heterocycles. The fourth-order valence-corrected chi connectivity index (χ4v) is 0.829. The molecule has 0 saturated carbocycles. The first-order valence-electron chi connectivity index (χ1n) is 4.06. The van der Waals surface area contributed by atoms with Crippen molar-refractivity contribution in [2.24, 2.45) is 0 Å². The van der Waals surface area contributed by atoms with Crippen molar-refractivity contribution in [3.8, 4) is 0 Å². The van der Waals surface area contributed by atoms with Crippen LogP contribution < -0.4 is 0 Å². The SMILES string of the molecule is C=CC(=O)N(C)CCCC(=O)OC. The average molecular weight is 185 g/mol. The van der Waals surface area contributed by atoms with Gasteiger partial charge in [-0.05, 0) is 12.5 Å². The molecule has 0 aliphatic rings. The fourth-order valence-electron chi connectivity index (χ4n) is 0.829. The van der Waals surface area contributed by atoms with Gasteiger partial charge in [0, 0.05) is 20.0 Å². The predicted octanol–water partition coefficient (Wildman–Crippen LogP) is 0.584. The number of hydrogen-bond acceptors (Lipinski definition) is 3. The topological polar surface area (TPSA) is 46.6 Å². The number of carbonyl (C=O) groups excluding carboxylic acids is 2. The molecule has 0 fully saturated rings. The molecule has 0 aliphatic heterocycles. The highest BCUT2D eigenvalue weighted by molar-refractivity contribution is 5.86. The summed E-state index contributed by atoms with van der Waals surface area (Å²) >= 11 is 0. The summed E-state index contributed by atoms with van der Waals surface area (Å²) in [4.78, 5) is 23.1. The van der Waals surface area contributed by atoms with Crippen LogP contribution in [0.4, 0.5) is 0 Å². The summed E-state index contributed by atoms with van der Waals surface area (Å²) in [7, 11) is 3.02. The van der Waals surface area contributed by atoms with Gasteiger partial charge in [0.15, 0.2) is 0 Å². The second-order valence-electron chi connectivity index (χ2n) is 2.64. The number of hydrogen-bond donors (Lipinski definition) is 0. The van der Waals surface area contributed by atoms with Crippen LogP contribution in [0.15, 0.2) is 12.7 Å². The Morgan fingerprint density at radius 1 is 1.54 bits per heavy atom. The lowest BCUT2D eigenvalue weighted by Gasteiger charge is -2.13. The summed E-state index contributed by atoms with van der Waals surface area (Å²) in [5.74, 6) is -0.385. The minimum Gasteiger partial charge on any atom is -0.469 e. The van der Waals surface area contributed by atoms with Gasteiger partial charge in [0.05, 0.1) is 7.11 Å². The summed E-state index contributed by atoms with van der Waals surface area (Å²) in [6, 6.07) is 0. The van der Waals surface area contributed by atoms with E-state index in [0.717, 1.165) is 0 Å². The Kier molecular flexibility index (Phi) is 5.59. The molecule has 0 unspecified atom stereocenters. The Labute approximate surface area is 78.2 Å². The highest BCUT2D eigenvalue weighted by atomic mass is 16.5. The fraction of sp³-hybridized carbons (Fsp3) is 0.556. The monoisotopic (exact) mass is 185 g/mol. The van der Waals surface area contributed by atoms with Gasteiger partial charge >= 0.3 is 5.97 Å². The van der Waals surface area contributed by atoms with Crippen molar-refractivity contribution >= 4 is 11.9 Å². The van der Waals surface area contributed by atoms with E-state index in [9.17, 15) is 9.59 Å². The van der Waals surface area contributed by atoms with Crippen LogP contribution in [0.25, 0.3) is 0 Å². The molecule has 0 atom stereocenters. The molecule has 0 spiro atoms. The quantitative estimate of drug-likeness (QED) is 0.465. The molecule has 0 bridgehead atoms. The molecule has 0 aromatic carbocycles. The van der Waals surface area contributed by atoms with Crippen molar-refractivity contribution in [3.05, 3.63) is 12.7 Å². The molecule has 0 N–H and O–H groups in total. The lowest BCUT2D eigenvalue weighted by Crippen LogP contribution is -2.26. The lowest BCUT2D eigenvalue weighted by molar-refractivity contribution is -0.141. The van der Waals surface area contributed by atoms with Crippen molar-refractivity contribution in [2.45, 2.75) is 12.8 Å². The summed E-state index contributed by atoms with van der Waals surface area (Å²) < 4.78 is 4.46. The van der Waals surface area contributed by atoms with E-state index in [0.29, 0.717) is 19.4 Å². The third kappa shape index (κ3) is 5.00. The van der Waals surface area contributed by atoms with Gasteiger partial charge in [-0.25, -0.2) is 0 Å². The molecule has 0 aromatic rings. The summed E-state index contributed by atoms with van der Waals surface area (Å²) in [6.07, 6.45) is 2.20. The molecular weight excluding hydrogens is 170 g/mol. The standard InChI is InChI=1S/C9H15NO3/c1-4-8(11)10(2)7-5-6-9(12)13-3/h4H,1,5-7H2,2-3H3. The van der Waals surface area contributed by atoms with Gasteiger partial charge in [0.25, 0.3) is 0 Å². The minimum atomic E-state index is -0.251. The van der Waals surface area contributed by atoms with E-state index >= 15 is 0 Å². The van der Waals surface area contributed by atoms with E-state index in [-0.39, 0.29) is 11.9 Å². The number of likely N-dealkylation sites (N-methyl/N-ethyl adjacent to an activating group) is 1. The summed E-state index contributed by atoms with van der Waals surface area (Å²) in [5, 5.41) is 0. The smallest absolute Gasteiger partial charge is 0.305 e. The van der Waals surface area contributed by atoms with E-state index in [4.69, 9.17) is 0 Å². The number of carbonyl (C=O) groups is 2. The predicted molar refractivity (Wildman–Crippen MR) is 49.1 cm³/mol. The normalized spacial score (nSPS) is 9.08. The van der Waals surface area contributed by atoms with E-state index in [1.807, 2.05) is 0 Å². The van der Waals surface area contributed by atoms with Crippen LogP contribution in [0.2, 0.25) is 0 Å². The molecule has 1 amide bonds. The zero-order valence-electron chi connectivity index (χ0n) is 8.08. The molecule has 0 aliphatic carbocycles. The summed E-state index contributed by atoms with van der Waals surface area (Å²) in [6.45, 7) is 3.90. The maximum absolute atomic E-state index is 10.9. The van der Waals surface area contributed by atoms with Crippen molar-refractivity contribution in [1.82, 2.24) is 4.90 Å². The first-order valence-corrected chi connectivity index (χ1v) is 4.06. The van der Waals surface area contributed by atoms with Crippen LogP contribution in [0, 0.1) is 0 Å². The van der Waals surface area contributed by atoms with E-state index in [1.54, 1.807) is 7.05 Å². The number of esters is 1. The van der Waals surface area contributed by atoms with Crippen molar-refractivity contribution in [2.75, 3.05) is 20.7 Å². The second-order valence-corrected chi connectivity index (χ2v) is 2.64. The van der Waals surface area contributed by atoms with Gasteiger partial charge in [-0.1, -0.05) is 6.58 Å². The van der Waals surface area contributed by atoms with Crippen LogP contribution in [0.3, 0.4) is 0 Å². The Morgan fingerprint density at radius 2 is 2.15 bits per heavy atom. The maximum Gasteiger partial charge on any atom is 0.305 e. The zero-order chi connectivity index (χ0) is 10.3. The number of methoxy groups -OCH3 is 1. The number of ether oxygens (including phenoxy) is 1. The molecule has 0 radical (unpaired) electrons. The van der Waals surface area contributed by atoms with Crippen molar-refractivity contribution < 1.29 is 14.3 Å². The Morgan fingerprint density at radius 3 is 2.62 bits per heavy atom. The maximum atomic E-state index is 10.9. The van der Waals surface area contributed by atoms with Crippen LogP contribution >= 0.6 is 0 Å². The Hall–Kier alpha value is -1.32. The van der Waals surface area contributed by atoms with Crippen LogP contribution in [-0.2, 0) is 14.3 Å². The van der Waals surface area contributed by atoms with Gasteiger partial charge in [-0.2, -0.15) is 0 Å². The van der Waals surface area contributed by atoms with Crippen molar-refractivity contribution in [1.29, 1.82) is 0 Å². The van der Waals surface area contributed by atoms with Gasteiger partial charge in [-0.3, -0.25) is 9.59 Å². The van der Waals surface area contributed by atoms with E-state index < -0.39 is 0 Å². The van der Waals surface area contributed by atoms with Gasteiger partial charge in [0.1, 0.15) is 0 Å². The molecule has 4 heteroatoms. The van der Waals surface area contributed by atoms with Crippen LogP contribution in [-0.4, -0.2) is 37.5 Å². The Bertz CT molecular complexity index is 201. The Balaban J connectivity index is 3.58. The zero-order valence-corrected chi connectivity index (χ0v) is 8.08. The lowest BCUT2D eigenvalue weighted by atomic mass is 10.3. The first kappa shape index (κ1) is 11.7. The van der Waals surface area contributed by atoms with Gasteiger partial charge in [-0.15, -0.1) is 0 Å². The van der Waals surface area contributed by atoms with E-state index in [2.05, 4.69) is 11.3 Å². The van der Waals surface area contributed by atoms with Crippen LogP contribution in [0.1, 0.15) is 12.8 Å². The third-order valence-electron chi connectivity index (χ3n) is 1.65.